The Bertz CT molecular complexity index is 1400. The van der Waals surface area contributed by atoms with Gasteiger partial charge in [-0.1, -0.05) is 48.0 Å². The van der Waals surface area contributed by atoms with Gasteiger partial charge in [-0.3, -0.25) is 13.9 Å². The summed E-state index contributed by atoms with van der Waals surface area (Å²) in [4.78, 5) is 24.4. The first-order chi connectivity index (χ1) is 15.7. The first kappa shape index (κ1) is 22.6. The lowest BCUT2D eigenvalue weighted by atomic mass is 9.95. The van der Waals surface area contributed by atoms with Gasteiger partial charge in [0, 0.05) is 41.5 Å². The SMILES string of the molecule is CC(=O)Nc1cccc(NC(=O)C2=C(c3ccccc3)c3cc(Cl)ccc3N(C)S2(=O)=O)c1. The number of carbonyl (C=O) groups excluding carboxylic acids is 2. The average Bonchev–Trinajstić information content (AvgIpc) is 2.76. The number of nitrogens with zero attached hydrogens (tertiary/aromatic N) is 1. The van der Waals surface area contributed by atoms with Crippen LogP contribution in [0.25, 0.3) is 5.57 Å². The van der Waals surface area contributed by atoms with Crippen LogP contribution >= 0.6 is 11.6 Å². The number of benzene rings is 3. The molecule has 3 aromatic rings. The van der Waals surface area contributed by atoms with E-state index in [-0.39, 0.29) is 11.5 Å². The smallest absolute Gasteiger partial charge is 0.270 e. The Balaban J connectivity index is 1.90. The number of nitrogens with one attached hydrogen (secondary N) is 2. The van der Waals surface area contributed by atoms with Crippen LogP contribution < -0.4 is 14.9 Å². The van der Waals surface area contributed by atoms with E-state index in [9.17, 15) is 18.0 Å². The third kappa shape index (κ3) is 4.35. The molecule has 0 fully saturated rings. The highest BCUT2D eigenvalue weighted by atomic mass is 35.5. The summed E-state index contributed by atoms with van der Waals surface area (Å²) in [6, 6.07) is 20.2. The van der Waals surface area contributed by atoms with Crippen molar-refractivity contribution >= 4 is 56.1 Å². The first-order valence-corrected chi connectivity index (χ1v) is 11.8. The molecule has 0 saturated heterocycles. The Hall–Kier alpha value is -3.62. The second-order valence-electron chi connectivity index (χ2n) is 7.42. The Morgan fingerprint density at radius 2 is 1.55 bits per heavy atom. The third-order valence-electron chi connectivity index (χ3n) is 5.12. The van der Waals surface area contributed by atoms with Crippen molar-refractivity contribution in [2.24, 2.45) is 0 Å². The van der Waals surface area contributed by atoms with E-state index in [1.54, 1.807) is 72.8 Å². The maximum atomic E-state index is 13.5. The molecule has 0 bridgehead atoms. The highest BCUT2D eigenvalue weighted by Gasteiger charge is 2.39. The molecule has 1 heterocycles. The van der Waals surface area contributed by atoms with Crippen LogP contribution in [0.3, 0.4) is 0 Å². The van der Waals surface area contributed by atoms with E-state index in [2.05, 4.69) is 10.6 Å². The zero-order valence-electron chi connectivity index (χ0n) is 17.8. The van der Waals surface area contributed by atoms with Gasteiger partial charge in [0.25, 0.3) is 15.9 Å². The maximum absolute atomic E-state index is 13.5. The van der Waals surface area contributed by atoms with E-state index in [1.807, 2.05) is 0 Å². The fourth-order valence-electron chi connectivity index (χ4n) is 3.69. The fourth-order valence-corrected chi connectivity index (χ4v) is 5.32. The zero-order chi connectivity index (χ0) is 23.8. The highest BCUT2D eigenvalue weighted by Crippen LogP contribution is 2.43. The molecule has 7 nitrogen and oxygen atoms in total. The van der Waals surface area contributed by atoms with Crippen LogP contribution in [0.15, 0.2) is 77.7 Å². The Kier molecular flexibility index (Phi) is 5.97. The summed E-state index contributed by atoms with van der Waals surface area (Å²) < 4.78 is 28.1. The molecule has 0 radical (unpaired) electrons. The van der Waals surface area contributed by atoms with E-state index < -0.39 is 20.8 Å². The minimum Gasteiger partial charge on any atom is -0.326 e. The van der Waals surface area contributed by atoms with Crippen LogP contribution in [0.4, 0.5) is 17.1 Å². The predicted octanol–water partition coefficient (Wildman–Crippen LogP) is 4.48. The quantitative estimate of drug-likeness (QED) is 0.574. The van der Waals surface area contributed by atoms with E-state index in [4.69, 9.17) is 11.6 Å². The lowest BCUT2D eigenvalue weighted by Crippen LogP contribution is -2.37. The molecule has 1 aliphatic heterocycles. The van der Waals surface area contributed by atoms with Crippen molar-refractivity contribution in [3.8, 4) is 0 Å². The molecule has 0 atom stereocenters. The zero-order valence-corrected chi connectivity index (χ0v) is 19.4. The molecule has 9 heteroatoms. The number of hydrogen-bond donors (Lipinski definition) is 2. The molecule has 0 spiro atoms. The fraction of sp³-hybridized carbons (Fsp3) is 0.0833. The second kappa shape index (κ2) is 8.73. The van der Waals surface area contributed by atoms with Gasteiger partial charge in [0.2, 0.25) is 5.91 Å². The molecule has 2 amide bonds. The van der Waals surface area contributed by atoms with Crippen molar-refractivity contribution in [2.45, 2.75) is 6.92 Å². The van der Waals surface area contributed by atoms with Gasteiger partial charge in [0.1, 0.15) is 0 Å². The van der Waals surface area contributed by atoms with Gasteiger partial charge in [-0.25, -0.2) is 8.42 Å². The Labute approximate surface area is 196 Å². The molecule has 0 unspecified atom stereocenters. The summed E-state index contributed by atoms with van der Waals surface area (Å²) in [5.74, 6) is -1.07. The van der Waals surface area contributed by atoms with Gasteiger partial charge in [-0.2, -0.15) is 0 Å². The van der Waals surface area contributed by atoms with Gasteiger partial charge in [0.15, 0.2) is 4.91 Å². The monoisotopic (exact) mass is 481 g/mol. The highest BCUT2D eigenvalue weighted by molar-refractivity contribution is 7.97. The van der Waals surface area contributed by atoms with Gasteiger partial charge >= 0.3 is 0 Å². The number of sulfonamides is 1. The van der Waals surface area contributed by atoms with Crippen LogP contribution in [-0.4, -0.2) is 27.3 Å². The average molecular weight is 482 g/mol. The molecular weight excluding hydrogens is 462 g/mol. The van der Waals surface area contributed by atoms with Crippen LogP contribution in [0.5, 0.6) is 0 Å². The Morgan fingerprint density at radius 1 is 0.879 bits per heavy atom. The molecule has 168 valence electrons. The standard InChI is InChI=1S/C24H20ClN3O4S/c1-15(29)26-18-9-6-10-19(14-18)27-24(30)23-22(16-7-4-3-5-8-16)20-13-17(25)11-12-21(20)28(2)33(23,31)32/h3-14H,1-2H3,(H,26,29)(H,27,30). The molecule has 0 aliphatic carbocycles. The number of halogens is 1. The van der Waals surface area contributed by atoms with Crippen LogP contribution in [0.2, 0.25) is 5.02 Å². The number of amides is 2. The molecule has 2 N–H and O–H groups in total. The molecule has 4 rings (SSSR count). The normalized spacial score (nSPS) is 14.5. The summed E-state index contributed by atoms with van der Waals surface area (Å²) in [5, 5.41) is 5.71. The lowest BCUT2D eigenvalue weighted by Gasteiger charge is -2.31. The summed E-state index contributed by atoms with van der Waals surface area (Å²) >= 11 is 6.24. The Morgan fingerprint density at radius 3 is 2.21 bits per heavy atom. The van der Waals surface area contributed by atoms with Crippen molar-refractivity contribution < 1.29 is 18.0 Å². The van der Waals surface area contributed by atoms with Crippen molar-refractivity contribution in [3.63, 3.8) is 0 Å². The van der Waals surface area contributed by atoms with E-state index in [0.717, 1.165) is 4.31 Å². The van der Waals surface area contributed by atoms with Crippen LogP contribution in [0, 0.1) is 0 Å². The van der Waals surface area contributed by atoms with E-state index in [1.165, 1.54) is 14.0 Å². The minimum absolute atomic E-state index is 0.265. The molecule has 0 aromatic heterocycles. The summed E-state index contributed by atoms with van der Waals surface area (Å²) in [6.07, 6.45) is 0. The van der Waals surface area contributed by atoms with Crippen molar-refractivity contribution in [3.05, 3.63) is 93.9 Å². The van der Waals surface area contributed by atoms with Crippen molar-refractivity contribution in [1.82, 2.24) is 0 Å². The maximum Gasteiger partial charge on any atom is 0.270 e. The summed E-state index contributed by atoms with van der Waals surface area (Å²) in [7, 11) is -2.79. The van der Waals surface area contributed by atoms with Gasteiger partial charge in [-0.05, 0) is 42.0 Å². The predicted molar refractivity (Wildman–Crippen MR) is 131 cm³/mol. The van der Waals surface area contributed by atoms with Crippen molar-refractivity contribution in [2.75, 3.05) is 22.0 Å². The summed E-state index contributed by atoms with van der Waals surface area (Å²) in [5.41, 5.74) is 2.58. The first-order valence-electron chi connectivity index (χ1n) is 9.96. The van der Waals surface area contributed by atoms with Gasteiger partial charge in [0.05, 0.1) is 5.69 Å². The summed E-state index contributed by atoms with van der Waals surface area (Å²) in [6.45, 7) is 1.37. The number of hydrogen-bond acceptors (Lipinski definition) is 4. The van der Waals surface area contributed by atoms with E-state index in [0.29, 0.717) is 33.2 Å². The van der Waals surface area contributed by atoms with E-state index >= 15 is 0 Å². The molecular formula is C24H20ClN3O4S. The number of carbonyl (C=O) groups is 2. The minimum atomic E-state index is -4.19. The number of rotatable bonds is 4. The largest absolute Gasteiger partial charge is 0.326 e. The van der Waals surface area contributed by atoms with Gasteiger partial charge in [-0.15, -0.1) is 0 Å². The second-order valence-corrected chi connectivity index (χ2v) is 9.76. The molecule has 1 aliphatic rings. The van der Waals surface area contributed by atoms with Crippen LogP contribution in [-0.2, 0) is 19.6 Å². The topological polar surface area (TPSA) is 95.6 Å². The number of fused-ring (bicyclic) bond motifs is 1. The van der Waals surface area contributed by atoms with Gasteiger partial charge < -0.3 is 10.6 Å². The molecule has 33 heavy (non-hydrogen) atoms. The molecule has 3 aromatic carbocycles. The van der Waals surface area contributed by atoms with Crippen molar-refractivity contribution in [1.29, 1.82) is 0 Å². The van der Waals surface area contributed by atoms with Crippen LogP contribution in [0.1, 0.15) is 18.1 Å². The molecule has 0 saturated carbocycles. The lowest BCUT2D eigenvalue weighted by molar-refractivity contribution is -0.114. The third-order valence-corrected chi connectivity index (χ3v) is 7.18. The number of anilines is 3.